The van der Waals surface area contributed by atoms with E-state index in [0.29, 0.717) is 18.4 Å². The number of nitrogens with one attached hydrogen (secondary N) is 2. The molecular formula is C17H16N2O3S. The number of benzene rings is 1. The van der Waals surface area contributed by atoms with Crippen molar-refractivity contribution in [3.63, 3.8) is 0 Å². The van der Waals surface area contributed by atoms with Gasteiger partial charge in [0.1, 0.15) is 5.58 Å². The van der Waals surface area contributed by atoms with E-state index in [1.165, 1.54) is 0 Å². The van der Waals surface area contributed by atoms with Gasteiger partial charge in [-0.15, -0.1) is 11.3 Å². The van der Waals surface area contributed by atoms with Crippen LogP contribution in [0.1, 0.15) is 27.4 Å². The van der Waals surface area contributed by atoms with Gasteiger partial charge in [-0.1, -0.05) is 24.3 Å². The van der Waals surface area contributed by atoms with Crippen molar-refractivity contribution in [3.05, 3.63) is 58.0 Å². The lowest BCUT2D eigenvalue weighted by Gasteiger charge is -2.05. The normalized spacial score (nSPS) is 10.7. The molecule has 0 bridgehead atoms. The predicted molar refractivity (Wildman–Crippen MR) is 89.2 cm³/mol. The zero-order valence-electron chi connectivity index (χ0n) is 12.6. The summed E-state index contributed by atoms with van der Waals surface area (Å²) >= 11 is 1.61. The van der Waals surface area contributed by atoms with E-state index in [1.54, 1.807) is 17.4 Å². The number of rotatable bonds is 4. The number of fused-ring (bicyclic) bond motifs is 1. The van der Waals surface area contributed by atoms with E-state index in [1.807, 2.05) is 42.6 Å². The molecule has 2 amide bonds. The monoisotopic (exact) mass is 328 g/mol. The SMILES string of the molecule is Cc1c(C(=O)NNC(=O)CCc2cccs2)oc2ccccc12. The Morgan fingerprint density at radius 1 is 1.13 bits per heavy atom. The largest absolute Gasteiger partial charge is 0.451 e. The minimum Gasteiger partial charge on any atom is -0.451 e. The molecule has 0 radical (unpaired) electrons. The summed E-state index contributed by atoms with van der Waals surface area (Å²) in [5.41, 5.74) is 6.23. The van der Waals surface area contributed by atoms with Crippen molar-refractivity contribution >= 4 is 34.1 Å². The summed E-state index contributed by atoms with van der Waals surface area (Å²) in [4.78, 5) is 25.1. The molecule has 0 saturated heterocycles. The number of aryl methyl sites for hydroxylation is 2. The Morgan fingerprint density at radius 3 is 2.70 bits per heavy atom. The highest BCUT2D eigenvalue weighted by Crippen LogP contribution is 2.24. The molecule has 0 unspecified atom stereocenters. The third-order valence-electron chi connectivity index (χ3n) is 3.54. The second kappa shape index (κ2) is 6.66. The van der Waals surface area contributed by atoms with Crippen LogP contribution < -0.4 is 10.9 Å². The molecule has 118 valence electrons. The fourth-order valence-corrected chi connectivity index (χ4v) is 3.04. The van der Waals surface area contributed by atoms with Crippen molar-refractivity contribution in [1.29, 1.82) is 0 Å². The molecule has 0 aliphatic carbocycles. The lowest BCUT2D eigenvalue weighted by Crippen LogP contribution is -2.41. The highest BCUT2D eigenvalue weighted by Gasteiger charge is 2.17. The number of hydrogen-bond acceptors (Lipinski definition) is 4. The first-order valence-electron chi connectivity index (χ1n) is 7.25. The topological polar surface area (TPSA) is 71.3 Å². The van der Waals surface area contributed by atoms with Gasteiger partial charge in [-0.25, -0.2) is 0 Å². The fraction of sp³-hybridized carbons (Fsp3) is 0.176. The van der Waals surface area contributed by atoms with Gasteiger partial charge < -0.3 is 4.42 Å². The Labute approximate surface area is 137 Å². The number of carbonyl (C=O) groups excluding carboxylic acids is 2. The van der Waals surface area contributed by atoms with Gasteiger partial charge in [0.2, 0.25) is 5.91 Å². The maximum Gasteiger partial charge on any atom is 0.305 e. The number of amides is 2. The summed E-state index contributed by atoms with van der Waals surface area (Å²) in [7, 11) is 0. The van der Waals surface area contributed by atoms with E-state index in [4.69, 9.17) is 4.42 Å². The van der Waals surface area contributed by atoms with Crippen molar-refractivity contribution in [2.75, 3.05) is 0 Å². The summed E-state index contributed by atoms with van der Waals surface area (Å²) in [5, 5.41) is 2.86. The minimum atomic E-state index is -0.455. The predicted octanol–water partition coefficient (Wildman–Crippen LogP) is 3.20. The average Bonchev–Trinajstić information content (AvgIpc) is 3.19. The van der Waals surface area contributed by atoms with Crippen LogP contribution in [0.3, 0.4) is 0 Å². The zero-order chi connectivity index (χ0) is 16.2. The van der Waals surface area contributed by atoms with Crippen molar-refractivity contribution in [3.8, 4) is 0 Å². The van der Waals surface area contributed by atoms with Crippen LogP contribution in [-0.4, -0.2) is 11.8 Å². The lowest BCUT2D eigenvalue weighted by molar-refractivity contribution is -0.121. The van der Waals surface area contributed by atoms with Crippen LogP contribution in [0.4, 0.5) is 0 Å². The van der Waals surface area contributed by atoms with E-state index >= 15 is 0 Å². The van der Waals surface area contributed by atoms with E-state index in [9.17, 15) is 9.59 Å². The second-order valence-electron chi connectivity index (χ2n) is 5.13. The van der Waals surface area contributed by atoms with Crippen LogP contribution in [0.2, 0.25) is 0 Å². The third-order valence-corrected chi connectivity index (χ3v) is 4.48. The quantitative estimate of drug-likeness (QED) is 0.723. The van der Waals surface area contributed by atoms with Crippen LogP contribution in [0.15, 0.2) is 46.2 Å². The number of para-hydroxylation sites is 1. The smallest absolute Gasteiger partial charge is 0.305 e. The van der Waals surface area contributed by atoms with Crippen LogP contribution in [0.25, 0.3) is 11.0 Å². The Balaban J connectivity index is 1.58. The standard InChI is InChI=1S/C17H16N2O3S/c1-11-13-6-2-3-7-14(13)22-16(11)17(21)19-18-15(20)9-8-12-5-4-10-23-12/h2-7,10H,8-9H2,1H3,(H,18,20)(H,19,21). The summed E-state index contributed by atoms with van der Waals surface area (Å²) in [5.74, 6) is -0.478. The first-order chi connectivity index (χ1) is 11.1. The van der Waals surface area contributed by atoms with Gasteiger partial charge in [0.05, 0.1) is 0 Å². The number of carbonyl (C=O) groups is 2. The highest BCUT2D eigenvalue weighted by molar-refractivity contribution is 7.09. The Morgan fingerprint density at radius 2 is 1.96 bits per heavy atom. The maximum absolute atomic E-state index is 12.2. The van der Waals surface area contributed by atoms with E-state index in [2.05, 4.69) is 10.9 Å². The molecule has 0 spiro atoms. The molecule has 0 aliphatic rings. The molecule has 0 saturated carbocycles. The molecule has 0 fully saturated rings. The summed E-state index contributed by atoms with van der Waals surface area (Å²) < 4.78 is 5.55. The number of hydrogen-bond donors (Lipinski definition) is 2. The first kappa shape index (κ1) is 15.3. The molecule has 23 heavy (non-hydrogen) atoms. The molecule has 2 aromatic heterocycles. The van der Waals surface area contributed by atoms with E-state index in [0.717, 1.165) is 15.8 Å². The molecule has 0 aliphatic heterocycles. The minimum absolute atomic E-state index is 0.213. The van der Waals surface area contributed by atoms with Gasteiger partial charge in [0, 0.05) is 22.2 Å². The molecule has 3 aromatic rings. The first-order valence-corrected chi connectivity index (χ1v) is 8.13. The van der Waals surface area contributed by atoms with E-state index in [-0.39, 0.29) is 11.7 Å². The Hall–Kier alpha value is -2.60. The van der Waals surface area contributed by atoms with Crippen molar-refractivity contribution < 1.29 is 14.0 Å². The van der Waals surface area contributed by atoms with E-state index < -0.39 is 5.91 Å². The summed E-state index contributed by atoms with van der Waals surface area (Å²) in [6, 6.07) is 11.4. The number of thiophene rings is 1. The summed E-state index contributed by atoms with van der Waals surface area (Å²) in [6.45, 7) is 1.82. The average molecular weight is 328 g/mol. The van der Waals surface area contributed by atoms with Crippen molar-refractivity contribution in [1.82, 2.24) is 10.9 Å². The van der Waals surface area contributed by atoms with Crippen LogP contribution >= 0.6 is 11.3 Å². The molecule has 3 rings (SSSR count). The lowest BCUT2D eigenvalue weighted by atomic mass is 10.1. The molecule has 2 heterocycles. The van der Waals surface area contributed by atoms with Gasteiger partial charge in [-0.2, -0.15) is 0 Å². The van der Waals surface area contributed by atoms with Crippen LogP contribution in [-0.2, 0) is 11.2 Å². The zero-order valence-corrected chi connectivity index (χ0v) is 13.4. The third kappa shape index (κ3) is 3.43. The van der Waals surface area contributed by atoms with Gasteiger partial charge in [0.15, 0.2) is 5.76 Å². The van der Waals surface area contributed by atoms with Crippen molar-refractivity contribution in [2.45, 2.75) is 19.8 Å². The van der Waals surface area contributed by atoms with Gasteiger partial charge in [0.25, 0.3) is 0 Å². The molecule has 1 aromatic carbocycles. The van der Waals surface area contributed by atoms with Crippen LogP contribution in [0.5, 0.6) is 0 Å². The van der Waals surface area contributed by atoms with Gasteiger partial charge in [-0.3, -0.25) is 20.4 Å². The summed E-state index contributed by atoms with van der Waals surface area (Å²) in [6.07, 6.45) is 0.975. The Bertz CT molecular complexity index is 837. The molecule has 5 nitrogen and oxygen atoms in total. The second-order valence-corrected chi connectivity index (χ2v) is 6.17. The molecule has 2 N–H and O–H groups in total. The fourth-order valence-electron chi connectivity index (χ4n) is 2.33. The van der Waals surface area contributed by atoms with Crippen molar-refractivity contribution in [2.24, 2.45) is 0 Å². The Kier molecular flexibility index (Phi) is 4.43. The number of furan rings is 1. The maximum atomic E-state index is 12.2. The molecule has 0 atom stereocenters. The van der Waals surface area contributed by atoms with Gasteiger partial charge >= 0.3 is 5.91 Å². The molecule has 6 heteroatoms. The van der Waals surface area contributed by atoms with Crippen LogP contribution in [0, 0.1) is 6.92 Å². The number of hydrazine groups is 1. The van der Waals surface area contributed by atoms with Gasteiger partial charge in [-0.05, 0) is 30.9 Å². The molecular weight excluding hydrogens is 312 g/mol. The highest BCUT2D eigenvalue weighted by atomic mass is 32.1.